The zero-order valence-electron chi connectivity index (χ0n) is 5.55. The minimum atomic E-state index is -0.383. The number of hydrogen-bond donors (Lipinski definition) is 0. The van der Waals surface area contributed by atoms with Gasteiger partial charge in [-0.25, -0.2) is 0 Å². The molecule has 1 aromatic rings. The fraction of sp³-hybridized carbons (Fsp3) is 0. The first-order valence-electron chi connectivity index (χ1n) is 2.93. The van der Waals surface area contributed by atoms with Gasteiger partial charge in [0, 0.05) is 0 Å². The topological polar surface area (TPSA) is 9.23 Å². The van der Waals surface area contributed by atoms with Crippen molar-refractivity contribution in [2.24, 2.45) is 0 Å². The third kappa shape index (κ3) is 3.36. The number of hydrogen-bond acceptors (Lipinski definition) is 1. The minimum absolute atomic E-state index is 0.383. The van der Waals surface area contributed by atoms with Crippen LogP contribution < -0.4 is 4.74 Å². The molecule has 0 aliphatic rings. The number of rotatable bonds is 2. The second kappa shape index (κ2) is 4.33. The average molecular weight is 263 g/mol. The molecule has 1 radical (unpaired) electrons. The van der Waals surface area contributed by atoms with Crippen molar-refractivity contribution in [2.75, 3.05) is 0 Å². The van der Waals surface area contributed by atoms with Gasteiger partial charge in [0.1, 0.15) is 12.0 Å². The third-order valence-electron chi connectivity index (χ3n) is 0.963. The van der Waals surface area contributed by atoms with Crippen LogP contribution in [0.1, 0.15) is 0 Å². The Kier molecular flexibility index (Phi) is 3.35. The Morgan fingerprint density at radius 3 is 3.09 bits per heavy atom. The molecule has 0 spiro atoms. The molecule has 57 valence electrons. The van der Waals surface area contributed by atoms with Crippen molar-refractivity contribution in [1.29, 1.82) is 0 Å². The van der Waals surface area contributed by atoms with Crippen molar-refractivity contribution < 1.29 is 9.13 Å². The third-order valence-corrected chi connectivity index (χ3v) is 1.22. The van der Waals surface area contributed by atoms with Gasteiger partial charge in [0.25, 0.3) is 0 Å². The lowest BCUT2D eigenvalue weighted by Gasteiger charge is -1.96. The van der Waals surface area contributed by atoms with E-state index in [1.807, 2.05) is 0 Å². The quantitative estimate of drug-likeness (QED) is 0.588. The summed E-state index contributed by atoms with van der Waals surface area (Å²) in [6.07, 6.45) is 1.05. The maximum atomic E-state index is 12.1. The standard InChI is InChI=1S/C8H5FIO/c9-8(10)6-11-7-4-2-1-3-5-7/h1-2,4-6H/b8-6+. The van der Waals surface area contributed by atoms with Crippen molar-refractivity contribution in [3.8, 4) is 5.75 Å². The van der Waals surface area contributed by atoms with Crippen molar-refractivity contribution in [1.82, 2.24) is 0 Å². The summed E-state index contributed by atoms with van der Waals surface area (Å²) < 4.78 is 16.6. The van der Waals surface area contributed by atoms with Crippen LogP contribution in [0.3, 0.4) is 0 Å². The van der Waals surface area contributed by atoms with Gasteiger partial charge < -0.3 is 4.74 Å². The average Bonchev–Trinajstić information content (AvgIpc) is 2.03. The summed E-state index contributed by atoms with van der Waals surface area (Å²) in [6, 6.07) is 9.69. The van der Waals surface area contributed by atoms with Gasteiger partial charge in [-0.1, -0.05) is 12.1 Å². The van der Waals surface area contributed by atoms with E-state index in [2.05, 4.69) is 6.07 Å². The molecule has 0 atom stereocenters. The van der Waals surface area contributed by atoms with Gasteiger partial charge >= 0.3 is 0 Å². The fourth-order valence-electron chi connectivity index (χ4n) is 0.563. The van der Waals surface area contributed by atoms with Crippen molar-refractivity contribution >= 4 is 22.6 Å². The normalized spacial score (nSPS) is 11.3. The minimum Gasteiger partial charge on any atom is -0.461 e. The lowest BCUT2D eigenvalue weighted by molar-refractivity contribution is 0.464. The maximum absolute atomic E-state index is 12.1. The molecule has 3 heteroatoms. The summed E-state index contributed by atoms with van der Waals surface area (Å²) in [6.45, 7) is 0. The summed E-state index contributed by atoms with van der Waals surface area (Å²) in [5.74, 6) is 0.583. The molecule has 11 heavy (non-hydrogen) atoms. The van der Waals surface area contributed by atoms with E-state index >= 15 is 0 Å². The van der Waals surface area contributed by atoms with E-state index < -0.39 is 0 Å². The Bertz CT molecular complexity index is 242. The molecule has 0 aromatic heterocycles. The van der Waals surface area contributed by atoms with Crippen LogP contribution >= 0.6 is 22.6 Å². The molecule has 0 fully saturated rings. The van der Waals surface area contributed by atoms with Gasteiger partial charge in [-0.3, -0.25) is 0 Å². The summed E-state index contributed by atoms with van der Waals surface area (Å²) in [4.78, 5) is 0. The monoisotopic (exact) mass is 263 g/mol. The summed E-state index contributed by atoms with van der Waals surface area (Å²) >= 11 is 1.53. The molecule has 0 unspecified atom stereocenters. The molecule has 0 aliphatic heterocycles. The number of ether oxygens (including phenoxy) is 1. The zero-order chi connectivity index (χ0) is 8.10. The molecule has 0 bridgehead atoms. The van der Waals surface area contributed by atoms with Crippen LogP contribution in [-0.4, -0.2) is 0 Å². The highest BCUT2D eigenvalue weighted by molar-refractivity contribution is 14.1. The predicted molar refractivity (Wildman–Crippen MR) is 49.1 cm³/mol. The first-order valence-corrected chi connectivity index (χ1v) is 4.01. The van der Waals surface area contributed by atoms with Crippen LogP contribution in [0.5, 0.6) is 5.75 Å². The molecule has 0 aliphatic carbocycles. The fourth-order valence-corrected chi connectivity index (χ4v) is 0.690. The van der Waals surface area contributed by atoms with E-state index in [-0.39, 0.29) is 3.83 Å². The van der Waals surface area contributed by atoms with E-state index in [1.54, 1.807) is 24.3 Å². The van der Waals surface area contributed by atoms with Gasteiger partial charge in [0.15, 0.2) is 3.83 Å². The SMILES string of the molecule is F/C(I)=C\Oc1c[c]ccc1. The summed E-state index contributed by atoms with van der Waals surface area (Å²) in [5.41, 5.74) is 0. The predicted octanol–water partition coefficient (Wildman–Crippen LogP) is 3.07. The highest BCUT2D eigenvalue weighted by atomic mass is 127. The van der Waals surface area contributed by atoms with Crippen molar-refractivity contribution in [3.05, 3.63) is 40.4 Å². The number of halogens is 2. The number of benzene rings is 1. The molecule has 0 N–H and O–H groups in total. The summed E-state index contributed by atoms with van der Waals surface area (Å²) in [5, 5.41) is 0. The molecular weight excluding hydrogens is 258 g/mol. The van der Waals surface area contributed by atoms with Gasteiger partial charge in [0.2, 0.25) is 0 Å². The van der Waals surface area contributed by atoms with Gasteiger partial charge in [-0.2, -0.15) is 4.39 Å². The first kappa shape index (κ1) is 8.52. The second-order valence-corrected chi connectivity index (χ2v) is 2.80. The van der Waals surface area contributed by atoms with E-state index in [1.165, 1.54) is 22.6 Å². The zero-order valence-corrected chi connectivity index (χ0v) is 7.71. The van der Waals surface area contributed by atoms with Gasteiger partial charge in [-0.05, 0) is 40.8 Å². The summed E-state index contributed by atoms with van der Waals surface area (Å²) in [7, 11) is 0. The molecule has 1 aromatic carbocycles. The van der Waals surface area contributed by atoms with Crippen LogP contribution in [0.25, 0.3) is 0 Å². The molecule has 1 rings (SSSR count). The Hall–Kier alpha value is -0.580. The lowest BCUT2D eigenvalue weighted by atomic mass is 10.3. The highest BCUT2D eigenvalue weighted by Crippen LogP contribution is 2.12. The molecule has 0 saturated carbocycles. The van der Waals surface area contributed by atoms with E-state index in [9.17, 15) is 4.39 Å². The van der Waals surface area contributed by atoms with E-state index in [0.717, 1.165) is 6.26 Å². The Balaban J connectivity index is 2.59. The highest BCUT2D eigenvalue weighted by Gasteiger charge is 1.88. The molecular formula is C8H5FIO. The molecule has 1 nitrogen and oxygen atoms in total. The van der Waals surface area contributed by atoms with Crippen LogP contribution in [0.4, 0.5) is 4.39 Å². The Morgan fingerprint density at radius 1 is 1.73 bits per heavy atom. The largest absolute Gasteiger partial charge is 0.461 e. The lowest BCUT2D eigenvalue weighted by Crippen LogP contribution is -1.80. The van der Waals surface area contributed by atoms with Crippen LogP contribution in [0.2, 0.25) is 0 Å². The van der Waals surface area contributed by atoms with Crippen molar-refractivity contribution in [2.45, 2.75) is 0 Å². The van der Waals surface area contributed by atoms with Crippen LogP contribution in [0, 0.1) is 6.07 Å². The van der Waals surface area contributed by atoms with E-state index in [0.29, 0.717) is 5.75 Å². The van der Waals surface area contributed by atoms with Crippen LogP contribution in [0.15, 0.2) is 34.4 Å². The van der Waals surface area contributed by atoms with Gasteiger partial charge in [-0.15, -0.1) is 0 Å². The smallest absolute Gasteiger partial charge is 0.195 e. The Morgan fingerprint density at radius 2 is 2.55 bits per heavy atom. The van der Waals surface area contributed by atoms with Gasteiger partial charge in [0.05, 0.1) is 0 Å². The second-order valence-electron chi connectivity index (χ2n) is 1.76. The Labute approximate surface area is 78.0 Å². The maximum Gasteiger partial charge on any atom is 0.195 e. The van der Waals surface area contributed by atoms with Crippen molar-refractivity contribution in [3.63, 3.8) is 0 Å². The first-order chi connectivity index (χ1) is 5.29. The van der Waals surface area contributed by atoms with Crippen LogP contribution in [-0.2, 0) is 0 Å². The van der Waals surface area contributed by atoms with E-state index in [4.69, 9.17) is 4.74 Å². The molecule has 0 amide bonds. The molecule has 0 saturated heterocycles. The molecule has 0 heterocycles.